The van der Waals surface area contributed by atoms with Crippen LogP contribution in [-0.4, -0.2) is 23.5 Å². The van der Waals surface area contributed by atoms with Crippen LogP contribution in [0.2, 0.25) is 0 Å². The summed E-state index contributed by atoms with van der Waals surface area (Å²) < 4.78 is 5.53. The second kappa shape index (κ2) is 5.10. The fraction of sp³-hybridized carbons (Fsp3) is 0.200. The molecule has 96 valence electrons. The van der Waals surface area contributed by atoms with Crippen LogP contribution in [-0.2, 0) is 11.2 Å². The first-order valence-corrected chi connectivity index (χ1v) is 6.25. The molecule has 1 aromatic carbocycles. The van der Waals surface area contributed by atoms with Gasteiger partial charge >= 0.3 is 0 Å². The Labute approximate surface area is 110 Å². The van der Waals surface area contributed by atoms with Crippen LogP contribution >= 0.6 is 0 Å². The third-order valence-corrected chi connectivity index (χ3v) is 3.07. The number of hydrogen-bond donors (Lipinski definition) is 1. The number of hydrogen-bond acceptors (Lipinski definition) is 3. The molecule has 4 heteroatoms. The fourth-order valence-corrected chi connectivity index (χ4v) is 2.14. The average molecular weight is 254 g/mol. The smallest absolute Gasteiger partial charge is 0.260 e. The fourth-order valence-electron chi connectivity index (χ4n) is 2.14. The summed E-state index contributed by atoms with van der Waals surface area (Å²) in [5, 5.41) is 0. The number of aromatic amines is 1. The van der Waals surface area contributed by atoms with Gasteiger partial charge in [0.15, 0.2) is 0 Å². The van der Waals surface area contributed by atoms with Crippen molar-refractivity contribution < 1.29 is 4.74 Å². The van der Waals surface area contributed by atoms with Gasteiger partial charge < -0.3 is 9.72 Å². The molecule has 2 heterocycles. The molecular weight excluding hydrogens is 240 g/mol. The first-order chi connectivity index (χ1) is 9.33. The van der Waals surface area contributed by atoms with E-state index < -0.39 is 0 Å². The van der Waals surface area contributed by atoms with E-state index in [4.69, 9.17) is 4.74 Å². The quantitative estimate of drug-likeness (QED) is 0.907. The van der Waals surface area contributed by atoms with Gasteiger partial charge in [0.2, 0.25) is 5.90 Å². The summed E-state index contributed by atoms with van der Waals surface area (Å²) >= 11 is 0. The molecule has 1 N–H and O–H groups in total. The van der Waals surface area contributed by atoms with E-state index in [1.807, 2.05) is 18.2 Å². The van der Waals surface area contributed by atoms with Gasteiger partial charge in [0.05, 0.1) is 6.04 Å². The van der Waals surface area contributed by atoms with Crippen molar-refractivity contribution in [1.82, 2.24) is 4.98 Å². The van der Waals surface area contributed by atoms with Gasteiger partial charge in [-0.05, 0) is 24.1 Å². The molecule has 19 heavy (non-hydrogen) atoms. The molecule has 0 spiro atoms. The molecule has 0 fully saturated rings. The lowest BCUT2D eigenvalue weighted by molar-refractivity contribution is 0.316. The van der Waals surface area contributed by atoms with Gasteiger partial charge in [-0.25, -0.2) is 4.99 Å². The van der Waals surface area contributed by atoms with E-state index in [9.17, 15) is 4.79 Å². The Hall–Kier alpha value is -2.36. The van der Waals surface area contributed by atoms with Gasteiger partial charge in [-0.1, -0.05) is 30.3 Å². The summed E-state index contributed by atoms with van der Waals surface area (Å²) in [4.78, 5) is 18.8. The second-order valence-corrected chi connectivity index (χ2v) is 4.50. The number of nitrogens with zero attached hydrogens (tertiary/aromatic N) is 1. The highest BCUT2D eigenvalue weighted by molar-refractivity contribution is 5.94. The summed E-state index contributed by atoms with van der Waals surface area (Å²) in [5.41, 5.74) is 1.56. The maximum absolute atomic E-state index is 11.7. The molecule has 4 nitrogen and oxygen atoms in total. The van der Waals surface area contributed by atoms with E-state index >= 15 is 0 Å². The molecule has 0 aliphatic carbocycles. The number of rotatable bonds is 3. The van der Waals surface area contributed by atoms with Crippen molar-refractivity contribution in [3.63, 3.8) is 0 Å². The molecule has 1 aromatic heterocycles. The van der Waals surface area contributed by atoms with Crippen LogP contribution in [0.3, 0.4) is 0 Å². The zero-order valence-corrected chi connectivity index (χ0v) is 10.4. The number of H-pyrrole nitrogens is 1. The molecular formula is C15H14N2O2. The third-order valence-electron chi connectivity index (χ3n) is 3.07. The van der Waals surface area contributed by atoms with Crippen LogP contribution < -0.4 is 5.56 Å². The van der Waals surface area contributed by atoms with E-state index in [2.05, 4.69) is 22.1 Å². The Balaban J connectivity index is 1.79. The summed E-state index contributed by atoms with van der Waals surface area (Å²) in [6.45, 7) is 0.526. The molecule has 0 bridgehead atoms. The highest BCUT2D eigenvalue weighted by Crippen LogP contribution is 2.14. The number of ether oxygens (including phenoxy) is 1. The molecule has 2 aromatic rings. The third kappa shape index (κ3) is 2.57. The summed E-state index contributed by atoms with van der Waals surface area (Å²) in [6.07, 6.45) is 2.43. The van der Waals surface area contributed by atoms with Crippen molar-refractivity contribution >= 4 is 5.90 Å². The van der Waals surface area contributed by atoms with E-state index in [0.717, 1.165) is 6.42 Å². The minimum absolute atomic E-state index is 0.0806. The Morgan fingerprint density at radius 2 is 2.05 bits per heavy atom. The molecule has 3 rings (SSSR count). The Morgan fingerprint density at radius 1 is 1.21 bits per heavy atom. The standard InChI is InChI=1S/C15H14N2O2/c18-14-13(7-4-8-16-14)15-17-12(10-19-15)9-11-5-2-1-3-6-11/h1-8,12H,9-10H2,(H,16,18)/t12-/m1/s1. The Kier molecular flexibility index (Phi) is 3.14. The van der Waals surface area contributed by atoms with Gasteiger partial charge in [0, 0.05) is 6.20 Å². The summed E-state index contributed by atoms with van der Waals surface area (Å²) in [6, 6.07) is 13.7. The molecule has 1 atom stereocenters. The maximum atomic E-state index is 11.7. The van der Waals surface area contributed by atoms with Gasteiger partial charge in [-0.2, -0.15) is 0 Å². The van der Waals surface area contributed by atoms with Gasteiger partial charge in [-0.3, -0.25) is 4.79 Å². The van der Waals surface area contributed by atoms with Crippen molar-refractivity contribution in [3.8, 4) is 0 Å². The first-order valence-electron chi connectivity index (χ1n) is 6.25. The van der Waals surface area contributed by atoms with Crippen LogP contribution in [0.1, 0.15) is 11.1 Å². The molecule has 1 aliphatic heterocycles. The lowest BCUT2D eigenvalue weighted by Crippen LogP contribution is -2.17. The highest BCUT2D eigenvalue weighted by atomic mass is 16.5. The predicted molar refractivity (Wildman–Crippen MR) is 73.5 cm³/mol. The van der Waals surface area contributed by atoms with E-state index in [1.165, 1.54) is 5.56 Å². The average Bonchev–Trinajstić information content (AvgIpc) is 2.89. The normalized spacial score (nSPS) is 17.9. The van der Waals surface area contributed by atoms with Crippen molar-refractivity contribution in [3.05, 3.63) is 70.1 Å². The lowest BCUT2D eigenvalue weighted by atomic mass is 10.1. The van der Waals surface area contributed by atoms with E-state index in [0.29, 0.717) is 18.1 Å². The molecule has 0 amide bonds. The number of benzene rings is 1. The van der Waals surface area contributed by atoms with Crippen LogP contribution in [0.4, 0.5) is 0 Å². The monoisotopic (exact) mass is 254 g/mol. The van der Waals surface area contributed by atoms with Crippen molar-refractivity contribution in [2.45, 2.75) is 12.5 Å². The number of nitrogens with one attached hydrogen (secondary N) is 1. The number of pyridine rings is 1. The van der Waals surface area contributed by atoms with Crippen molar-refractivity contribution in [1.29, 1.82) is 0 Å². The zero-order valence-electron chi connectivity index (χ0n) is 10.4. The maximum Gasteiger partial charge on any atom is 0.260 e. The zero-order chi connectivity index (χ0) is 13.1. The highest BCUT2D eigenvalue weighted by Gasteiger charge is 2.21. The molecule has 0 radical (unpaired) electrons. The Bertz CT molecular complexity index is 646. The molecule has 1 aliphatic rings. The SMILES string of the molecule is O=c1[nH]cccc1C1=N[C@H](Cc2ccccc2)CO1. The van der Waals surface area contributed by atoms with Crippen LogP contribution in [0.5, 0.6) is 0 Å². The lowest BCUT2D eigenvalue weighted by Gasteiger charge is -2.03. The number of aromatic nitrogens is 1. The first kappa shape index (κ1) is 11.7. The predicted octanol–water partition coefficient (Wildman–Crippen LogP) is 1.76. The summed E-state index contributed by atoms with van der Waals surface area (Å²) in [5.74, 6) is 0.447. The van der Waals surface area contributed by atoms with Gasteiger partial charge in [0.1, 0.15) is 12.2 Å². The Morgan fingerprint density at radius 3 is 2.84 bits per heavy atom. The van der Waals surface area contributed by atoms with E-state index in [1.54, 1.807) is 18.3 Å². The molecule has 0 saturated heterocycles. The molecule has 0 unspecified atom stereocenters. The van der Waals surface area contributed by atoms with Crippen LogP contribution in [0.25, 0.3) is 0 Å². The second-order valence-electron chi connectivity index (χ2n) is 4.50. The van der Waals surface area contributed by atoms with Crippen LogP contribution in [0, 0.1) is 0 Å². The van der Waals surface area contributed by atoms with Crippen molar-refractivity contribution in [2.24, 2.45) is 4.99 Å². The minimum Gasteiger partial charge on any atom is -0.475 e. The van der Waals surface area contributed by atoms with Crippen LogP contribution in [0.15, 0.2) is 58.4 Å². The van der Waals surface area contributed by atoms with Crippen molar-refractivity contribution in [2.75, 3.05) is 6.61 Å². The summed E-state index contributed by atoms with van der Waals surface area (Å²) in [7, 11) is 0. The topological polar surface area (TPSA) is 54.5 Å². The number of aliphatic imine (C=N–C) groups is 1. The van der Waals surface area contributed by atoms with E-state index in [-0.39, 0.29) is 11.6 Å². The minimum atomic E-state index is -0.165. The largest absolute Gasteiger partial charge is 0.475 e. The molecule has 0 saturated carbocycles. The van der Waals surface area contributed by atoms with Gasteiger partial charge in [0.25, 0.3) is 5.56 Å². The van der Waals surface area contributed by atoms with Gasteiger partial charge in [-0.15, -0.1) is 0 Å².